The lowest BCUT2D eigenvalue weighted by molar-refractivity contribution is -0.130. The first-order valence-electron chi connectivity index (χ1n) is 7.44. The van der Waals surface area contributed by atoms with Gasteiger partial charge in [0.15, 0.2) is 0 Å². The second-order valence-electron chi connectivity index (χ2n) is 5.76. The van der Waals surface area contributed by atoms with Gasteiger partial charge in [0.1, 0.15) is 5.82 Å². The minimum Gasteiger partial charge on any atom is -0.501 e. The molecule has 3 heterocycles. The Morgan fingerprint density at radius 2 is 2.24 bits per heavy atom. The Bertz CT molecular complexity index is 552. The van der Waals surface area contributed by atoms with E-state index < -0.39 is 0 Å². The summed E-state index contributed by atoms with van der Waals surface area (Å²) < 4.78 is 7.32. The second-order valence-corrected chi connectivity index (χ2v) is 5.76. The van der Waals surface area contributed by atoms with Gasteiger partial charge in [0.2, 0.25) is 0 Å². The molecule has 0 saturated carbocycles. The van der Waals surface area contributed by atoms with Crippen molar-refractivity contribution in [3.05, 3.63) is 30.1 Å². The molecule has 1 aromatic heterocycles. The van der Waals surface area contributed by atoms with E-state index in [1.54, 1.807) is 12.5 Å². The molecule has 1 atom stereocenters. The highest BCUT2D eigenvalue weighted by atomic mass is 16.5. The first-order valence-corrected chi connectivity index (χ1v) is 7.44. The summed E-state index contributed by atoms with van der Waals surface area (Å²) in [6.45, 7) is 3.01. The van der Waals surface area contributed by atoms with Gasteiger partial charge in [-0.2, -0.15) is 0 Å². The Balaban J connectivity index is 1.75. The lowest BCUT2D eigenvalue weighted by atomic mass is 10.1. The average molecular weight is 290 g/mol. The van der Waals surface area contributed by atoms with E-state index in [-0.39, 0.29) is 11.9 Å². The minimum atomic E-state index is 0.113. The van der Waals surface area contributed by atoms with Crippen LogP contribution in [-0.2, 0) is 16.6 Å². The summed E-state index contributed by atoms with van der Waals surface area (Å²) in [6, 6.07) is 0.146. The predicted molar refractivity (Wildman–Crippen MR) is 78.4 cm³/mol. The third-order valence-corrected chi connectivity index (χ3v) is 4.30. The molecule has 0 N–H and O–H groups in total. The Hall–Kier alpha value is -1.82. The number of aromatic nitrogens is 2. The van der Waals surface area contributed by atoms with Crippen molar-refractivity contribution in [1.29, 1.82) is 0 Å². The maximum atomic E-state index is 12.6. The minimum absolute atomic E-state index is 0.113. The standard InChI is InChI=1S/C15H22N4O2/c1-17-7-8-19(15(20)12-4-3-9-21-11-12)10-13(17)14-16-5-6-18(14)2/h5-6,11,13H,3-4,7-10H2,1-2H3. The number of ether oxygens (including phenoxy) is 1. The van der Waals surface area contributed by atoms with E-state index in [1.807, 2.05) is 22.7 Å². The quantitative estimate of drug-likeness (QED) is 0.813. The predicted octanol–water partition coefficient (Wildman–Crippen LogP) is 0.929. The van der Waals surface area contributed by atoms with Gasteiger partial charge in [-0.15, -0.1) is 0 Å². The molecular formula is C15H22N4O2. The molecule has 0 bridgehead atoms. The van der Waals surface area contributed by atoms with E-state index in [9.17, 15) is 4.79 Å². The number of piperazine rings is 1. The fourth-order valence-electron chi connectivity index (χ4n) is 2.96. The fraction of sp³-hybridized carbons (Fsp3) is 0.600. The molecular weight excluding hydrogens is 268 g/mol. The van der Waals surface area contributed by atoms with Crippen LogP contribution in [0.25, 0.3) is 0 Å². The summed E-state index contributed by atoms with van der Waals surface area (Å²) in [5.41, 5.74) is 0.796. The molecule has 1 amide bonds. The fourth-order valence-corrected chi connectivity index (χ4v) is 2.96. The molecule has 0 aliphatic carbocycles. The van der Waals surface area contributed by atoms with Crippen molar-refractivity contribution in [2.24, 2.45) is 7.05 Å². The number of aryl methyl sites for hydroxylation is 1. The third kappa shape index (κ3) is 2.81. The van der Waals surface area contributed by atoms with Gasteiger partial charge >= 0.3 is 0 Å². The second kappa shape index (κ2) is 5.89. The number of imidazole rings is 1. The van der Waals surface area contributed by atoms with Crippen LogP contribution in [0, 0.1) is 0 Å². The van der Waals surface area contributed by atoms with Gasteiger partial charge in [0.25, 0.3) is 5.91 Å². The smallest absolute Gasteiger partial charge is 0.252 e. The Morgan fingerprint density at radius 3 is 2.90 bits per heavy atom. The summed E-state index contributed by atoms with van der Waals surface area (Å²) >= 11 is 0. The van der Waals surface area contributed by atoms with E-state index in [1.165, 1.54) is 0 Å². The van der Waals surface area contributed by atoms with Gasteiger partial charge in [-0.05, 0) is 19.9 Å². The number of hydrogen-bond acceptors (Lipinski definition) is 4. The molecule has 2 aliphatic rings. The first-order chi connectivity index (χ1) is 10.2. The van der Waals surface area contributed by atoms with Crippen LogP contribution in [0.1, 0.15) is 24.7 Å². The molecule has 6 heteroatoms. The summed E-state index contributed by atoms with van der Waals surface area (Å²) in [4.78, 5) is 21.2. The summed E-state index contributed by atoms with van der Waals surface area (Å²) in [6.07, 6.45) is 7.13. The van der Waals surface area contributed by atoms with Crippen molar-refractivity contribution in [1.82, 2.24) is 19.4 Å². The molecule has 114 valence electrons. The van der Waals surface area contributed by atoms with E-state index >= 15 is 0 Å². The van der Waals surface area contributed by atoms with Crippen LogP contribution in [0.2, 0.25) is 0 Å². The Kier molecular flexibility index (Phi) is 3.96. The van der Waals surface area contributed by atoms with Gasteiger partial charge in [0, 0.05) is 39.1 Å². The SMILES string of the molecule is CN1CCN(C(=O)C2=COCCC2)CC1c1nccn1C. The van der Waals surface area contributed by atoms with Crippen molar-refractivity contribution in [3.63, 3.8) is 0 Å². The van der Waals surface area contributed by atoms with Gasteiger partial charge in [-0.1, -0.05) is 0 Å². The lowest BCUT2D eigenvalue weighted by Crippen LogP contribution is -2.50. The van der Waals surface area contributed by atoms with E-state index in [4.69, 9.17) is 4.74 Å². The zero-order valence-electron chi connectivity index (χ0n) is 12.7. The molecule has 0 radical (unpaired) electrons. The van der Waals surface area contributed by atoms with Gasteiger partial charge in [0.05, 0.1) is 24.5 Å². The van der Waals surface area contributed by atoms with Crippen LogP contribution in [0.3, 0.4) is 0 Å². The molecule has 1 unspecified atom stereocenters. The highest BCUT2D eigenvalue weighted by Gasteiger charge is 2.32. The number of likely N-dealkylation sites (N-methyl/N-ethyl adjacent to an activating group) is 1. The monoisotopic (exact) mass is 290 g/mol. The number of carbonyl (C=O) groups is 1. The highest BCUT2D eigenvalue weighted by Crippen LogP contribution is 2.24. The number of rotatable bonds is 2. The first kappa shape index (κ1) is 14.1. The molecule has 1 aromatic rings. The van der Waals surface area contributed by atoms with Crippen molar-refractivity contribution >= 4 is 5.91 Å². The summed E-state index contributed by atoms with van der Waals surface area (Å²) in [5, 5.41) is 0. The summed E-state index contributed by atoms with van der Waals surface area (Å²) in [7, 11) is 4.08. The van der Waals surface area contributed by atoms with Crippen molar-refractivity contribution in [2.45, 2.75) is 18.9 Å². The van der Waals surface area contributed by atoms with Crippen LogP contribution < -0.4 is 0 Å². The van der Waals surface area contributed by atoms with Crippen LogP contribution in [0.5, 0.6) is 0 Å². The van der Waals surface area contributed by atoms with E-state index in [0.717, 1.165) is 43.9 Å². The lowest BCUT2D eigenvalue weighted by Gasteiger charge is -2.39. The van der Waals surface area contributed by atoms with E-state index in [0.29, 0.717) is 6.54 Å². The molecule has 1 fully saturated rings. The van der Waals surface area contributed by atoms with Crippen molar-refractivity contribution < 1.29 is 9.53 Å². The number of amides is 1. The molecule has 21 heavy (non-hydrogen) atoms. The third-order valence-electron chi connectivity index (χ3n) is 4.30. The molecule has 1 saturated heterocycles. The largest absolute Gasteiger partial charge is 0.501 e. The topological polar surface area (TPSA) is 50.6 Å². The number of hydrogen-bond donors (Lipinski definition) is 0. The Morgan fingerprint density at radius 1 is 1.38 bits per heavy atom. The maximum absolute atomic E-state index is 12.6. The zero-order valence-corrected chi connectivity index (χ0v) is 12.7. The molecule has 3 rings (SSSR count). The molecule has 0 spiro atoms. The van der Waals surface area contributed by atoms with Crippen LogP contribution in [0.15, 0.2) is 24.2 Å². The molecule has 2 aliphatic heterocycles. The van der Waals surface area contributed by atoms with E-state index in [2.05, 4.69) is 16.9 Å². The van der Waals surface area contributed by atoms with Crippen LogP contribution >= 0.6 is 0 Å². The average Bonchev–Trinajstić information content (AvgIpc) is 2.94. The molecule has 6 nitrogen and oxygen atoms in total. The highest BCUT2D eigenvalue weighted by molar-refractivity contribution is 5.93. The van der Waals surface area contributed by atoms with Gasteiger partial charge in [-0.25, -0.2) is 4.98 Å². The normalized spacial score (nSPS) is 23.6. The van der Waals surface area contributed by atoms with Crippen LogP contribution in [0.4, 0.5) is 0 Å². The number of nitrogens with zero attached hydrogens (tertiary/aromatic N) is 4. The molecule has 0 aromatic carbocycles. The maximum Gasteiger partial charge on any atom is 0.252 e. The van der Waals surface area contributed by atoms with Crippen molar-refractivity contribution in [3.8, 4) is 0 Å². The van der Waals surface area contributed by atoms with Crippen molar-refractivity contribution in [2.75, 3.05) is 33.3 Å². The number of carbonyl (C=O) groups excluding carboxylic acids is 1. The summed E-state index contributed by atoms with van der Waals surface area (Å²) in [5.74, 6) is 1.12. The van der Waals surface area contributed by atoms with Gasteiger partial charge < -0.3 is 14.2 Å². The Labute approximate surface area is 125 Å². The zero-order chi connectivity index (χ0) is 14.8. The van der Waals surface area contributed by atoms with Gasteiger partial charge in [-0.3, -0.25) is 9.69 Å². The van der Waals surface area contributed by atoms with Crippen LogP contribution in [-0.4, -0.2) is 58.5 Å².